The lowest BCUT2D eigenvalue weighted by Gasteiger charge is -2.53. The number of nitrogens with zero attached hydrogens (tertiary/aromatic N) is 1. The van der Waals surface area contributed by atoms with Crippen LogP contribution in [0.25, 0.3) is 0 Å². The van der Waals surface area contributed by atoms with E-state index in [4.69, 9.17) is 9.39 Å². The Bertz CT molecular complexity index is 846. The highest BCUT2D eigenvalue weighted by atomic mass is 32.2. The van der Waals surface area contributed by atoms with E-state index in [0.29, 0.717) is 6.42 Å². The highest BCUT2D eigenvalue weighted by Gasteiger charge is 2.46. The Hall–Kier alpha value is -1.48. The van der Waals surface area contributed by atoms with E-state index in [1.807, 2.05) is 18.9 Å². The molecular weight excluding hydrogens is 416 g/mol. The van der Waals surface area contributed by atoms with Crippen LogP contribution < -0.4 is 5.32 Å². The van der Waals surface area contributed by atoms with Crippen molar-refractivity contribution in [2.75, 3.05) is 7.11 Å². The number of amides is 1. The van der Waals surface area contributed by atoms with Gasteiger partial charge in [0.1, 0.15) is 0 Å². The van der Waals surface area contributed by atoms with Crippen LogP contribution in [0.2, 0.25) is 0 Å². The van der Waals surface area contributed by atoms with Crippen LogP contribution in [0.3, 0.4) is 0 Å². The minimum Gasteiger partial charge on any atom is -0.353 e. The first-order chi connectivity index (χ1) is 14.2. The highest BCUT2D eigenvalue weighted by molar-refractivity contribution is 7.85. The van der Waals surface area contributed by atoms with Gasteiger partial charge in [-0.15, -0.1) is 0 Å². The van der Waals surface area contributed by atoms with Gasteiger partial charge in [-0.1, -0.05) is 26.0 Å². The number of rotatable bonds is 8. The maximum atomic E-state index is 13.1. The Balaban J connectivity index is 2.05. The molecule has 1 fully saturated rings. The molecule has 1 aliphatic rings. The molecule has 1 amide bonds. The number of benzene rings is 1. The Morgan fingerprint density at radius 1 is 1.19 bits per heavy atom. The molecule has 0 aromatic heterocycles. The molecule has 1 aliphatic heterocycles. The summed E-state index contributed by atoms with van der Waals surface area (Å²) >= 11 is 0. The monoisotopic (exact) mass is 454 g/mol. The van der Waals surface area contributed by atoms with Crippen LogP contribution in [0, 0.1) is 5.92 Å². The molecule has 8 heteroatoms. The first-order valence-corrected chi connectivity index (χ1v) is 12.4. The van der Waals surface area contributed by atoms with Crippen LogP contribution >= 0.6 is 0 Å². The zero-order valence-electron chi connectivity index (χ0n) is 19.8. The normalized spacial score (nSPS) is 21.4. The second-order valence-electron chi connectivity index (χ2n) is 10.0. The van der Waals surface area contributed by atoms with Gasteiger partial charge in [-0.05, 0) is 77.0 Å². The zero-order chi connectivity index (χ0) is 23.6. The average Bonchev–Trinajstić information content (AvgIpc) is 2.63. The second kappa shape index (κ2) is 9.57. The van der Waals surface area contributed by atoms with Gasteiger partial charge in [0.2, 0.25) is 5.91 Å². The molecule has 1 aromatic rings. The molecule has 0 bridgehead atoms. The molecule has 31 heavy (non-hydrogen) atoms. The predicted octanol–water partition coefficient (Wildman–Crippen LogP) is 4.15. The fourth-order valence-corrected chi connectivity index (χ4v) is 5.65. The molecule has 2 atom stereocenters. The number of hydrogen-bond acceptors (Lipinski definition) is 5. The Kier molecular flexibility index (Phi) is 7.95. The molecule has 2 unspecified atom stereocenters. The Labute approximate surface area is 187 Å². The smallest absolute Gasteiger partial charge is 0.294 e. The Morgan fingerprint density at radius 3 is 2.13 bits per heavy atom. The largest absolute Gasteiger partial charge is 0.353 e. The summed E-state index contributed by atoms with van der Waals surface area (Å²) in [6.07, 6.45) is 3.00. The van der Waals surface area contributed by atoms with E-state index in [-0.39, 0.29) is 39.8 Å². The molecule has 1 saturated heterocycles. The van der Waals surface area contributed by atoms with Crippen molar-refractivity contribution in [1.29, 1.82) is 0 Å². The summed E-state index contributed by atoms with van der Waals surface area (Å²) in [5, 5.41) is 5.30. The van der Waals surface area contributed by atoms with E-state index in [2.05, 4.69) is 33.0 Å². The molecule has 2 N–H and O–H groups in total. The Morgan fingerprint density at radius 2 is 1.71 bits per heavy atom. The van der Waals surface area contributed by atoms with Gasteiger partial charge >= 0.3 is 0 Å². The van der Waals surface area contributed by atoms with Gasteiger partial charge in [-0.3, -0.25) is 9.35 Å². The van der Waals surface area contributed by atoms with Gasteiger partial charge in [0, 0.05) is 23.0 Å². The lowest BCUT2D eigenvalue weighted by atomic mass is 9.78. The number of carbonyl (C=O) groups is 1. The molecule has 1 heterocycles. The summed E-state index contributed by atoms with van der Waals surface area (Å²) in [7, 11) is -2.51. The van der Waals surface area contributed by atoms with Gasteiger partial charge in [0.05, 0.1) is 12.0 Å². The minimum atomic E-state index is -4.20. The van der Waals surface area contributed by atoms with Crippen molar-refractivity contribution in [2.24, 2.45) is 5.92 Å². The molecule has 176 valence electrons. The van der Waals surface area contributed by atoms with Crippen molar-refractivity contribution in [3.05, 3.63) is 29.8 Å². The second-order valence-corrected chi connectivity index (χ2v) is 11.4. The van der Waals surface area contributed by atoms with Crippen LogP contribution in [0.5, 0.6) is 0 Å². The van der Waals surface area contributed by atoms with E-state index in [0.717, 1.165) is 24.8 Å². The van der Waals surface area contributed by atoms with Gasteiger partial charge in [-0.2, -0.15) is 13.5 Å². The van der Waals surface area contributed by atoms with Gasteiger partial charge in [-0.25, -0.2) is 0 Å². The van der Waals surface area contributed by atoms with Gasteiger partial charge in [0.15, 0.2) is 0 Å². The van der Waals surface area contributed by atoms with Crippen molar-refractivity contribution in [3.8, 4) is 0 Å². The molecule has 2 rings (SSSR count). The van der Waals surface area contributed by atoms with Gasteiger partial charge < -0.3 is 10.2 Å². The first kappa shape index (κ1) is 25.8. The average molecular weight is 455 g/mol. The van der Waals surface area contributed by atoms with Crippen molar-refractivity contribution < 1.29 is 22.6 Å². The zero-order valence-corrected chi connectivity index (χ0v) is 20.6. The fourth-order valence-electron chi connectivity index (χ4n) is 5.17. The standard InChI is InChI=1S/C23H38N2O5S/c1-8-17(13-16(2)18-9-11-20(12-10-18)31(27,28)29)21(26)24-19-14-22(3,4)25(30-7)23(5,6)15-19/h9-12,16-17,19H,8,13-15H2,1-7H3,(H,24,26)(H,27,28,29). The number of hydrogen-bond donors (Lipinski definition) is 2. The lowest BCUT2D eigenvalue weighted by molar-refractivity contribution is -0.267. The molecule has 0 radical (unpaired) electrons. The molecule has 0 spiro atoms. The van der Waals surface area contributed by atoms with E-state index >= 15 is 0 Å². The molecule has 0 aliphatic carbocycles. The van der Waals surface area contributed by atoms with Crippen LogP contribution in [-0.2, 0) is 19.8 Å². The van der Waals surface area contributed by atoms with Crippen molar-refractivity contribution >= 4 is 16.0 Å². The number of piperidine rings is 1. The third-order valence-electron chi connectivity index (χ3n) is 6.37. The van der Waals surface area contributed by atoms with E-state index in [1.54, 1.807) is 19.2 Å². The van der Waals surface area contributed by atoms with Crippen LogP contribution in [0.1, 0.15) is 78.7 Å². The maximum absolute atomic E-state index is 13.1. The fraction of sp³-hybridized carbons (Fsp3) is 0.696. The van der Waals surface area contributed by atoms with E-state index in [9.17, 15) is 13.2 Å². The van der Waals surface area contributed by atoms with Gasteiger partial charge in [0.25, 0.3) is 10.1 Å². The van der Waals surface area contributed by atoms with Crippen molar-refractivity contribution in [1.82, 2.24) is 10.4 Å². The van der Waals surface area contributed by atoms with Crippen molar-refractivity contribution in [2.45, 2.75) is 95.2 Å². The molecular formula is C23H38N2O5S. The molecule has 0 saturated carbocycles. The van der Waals surface area contributed by atoms with E-state index in [1.165, 1.54) is 12.1 Å². The maximum Gasteiger partial charge on any atom is 0.294 e. The van der Waals surface area contributed by atoms with Crippen molar-refractivity contribution in [3.63, 3.8) is 0 Å². The molecule has 1 aromatic carbocycles. The topological polar surface area (TPSA) is 95.9 Å². The third-order valence-corrected chi connectivity index (χ3v) is 7.24. The lowest BCUT2D eigenvalue weighted by Crippen LogP contribution is -2.63. The summed E-state index contributed by atoms with van der Waals surface area (Å²) in [6.45, 7) is 12.6. The first-order valence-electron chi connectivity index (χ1n) is 10.9. The SMILES string of the molecule is CCC(CC(C)c1ccc(S(=O)(=O)O)cc1)C(=O)NC1CC(C)(C)N(OC)C(C)(C)C1. The number of hydroxylamine groups is 2. The number of carbonyl (C=O) groups excluding carboxylic acids is 1. The quantitative estimate of drug-likeness (QED) is 0.573. The number of nitrogens with one attached hydrogen (secondary N) is 1. The highest BCUT2D eigenvalue weighted by Crippen LogP contribution is 2.38. The summed E-state index contributed by atoms with van der Waals surface area (Å²) in [4.78, 5) is 18.6. The predicted molar refractivity (Wildman–Crippen MR) is 121 cm³/mol. The van der Waals surface area contributed by atoms with Crippen LogP contribution in [-0.4, -0.2) is 48.2 Å². The molecule has 7 nitrogen and oxygen atoms in total. The summed E-state index contributed by atoms with van der Waals surface area (Å²) in [5.41, 5.74) is 0.547. The van der Waals surface area contributed by atoms with Crippen LogP contribution in [0.4, 0.5) is 0 Å². The summed E-state index contributed by atoms with van der Waals surface area (Å²) < 4.78 is 31.6. The summed E-state index contributed by atoms with van der Waals surface area (Å²) in [6, 6.07) is 6.27. The minimum absolute atomic E-state index is 0.0615. The van der Waals surface area contributed by atoms with Crippen LogP contribution in [0.15, 0.2) is 29.2 Å². The summed E-state index contributed by atoms with van der Waals surface area (Å²) in [5.74, 6) is 0.00340. The van der Waals surface area contributed by atoms with E-state index < -0.39 is 10.1 Å². The third kappa shape index (κ3) is 6.28.